The van der Waals surface area contributed by atoms with Crippen LogP contribution >= 0.6 is 46.6 Å². The van der Waals surface area contributed by atoms with Gasteiger partial charge >= 0.3 is 6.18 Å². The maximum atomic E-state index is 14.3. The van der Waals surface area contributed by atoms with Crippen molar-refractivity contribution < 1.29 is 17.6 Å². The Morgan fingerprint density at radius 1 is 1.31 bits per heavy atom. The highest BCUT2D eigenvalue weighted by Crippen LogP contribution is 2.34. The fraction of sp³-hybridized carbons (Fsp3) is 0.200. The molecule has 0 radical (unpaired) electrons. The lowest BCUT2D eigenvalue weighted by molar-refractivity contribution is -0.144. The van der Waals surface area contributed by atoms with Gasteiger partial charge in [-0.2, -0.15) is 18.3 Å². The lowest BCUT2D eigenvalue weighted by Gasteiger charge is -2.13. The number of halogens is 7. The molecule has 0 aliphatic rings. The molecule has 0 aliphatic carbocycles. The Balaban J connectivity index is 2.53. The molecular formula is C15H9Cl3F4N2OS. The van der Waals surface area contributed by atoms with E-state index in [1.807, 2.05) is 0 Å². The first-order valence-corrected chi connectivity index (χ1v) is 8.91. The molecule has 140 valence electrons. The third kappa shape index (κ3) is 4.94. The highest BCUT2D eigenvalue weighted by molar-refractivity contribution is 7.99. The molecule has 0 amide bonds. The van der Waals surface area contributed by atoms with Gasteiger partial charge in [-0.1, -0.05) is 34.8 Å². The first-order valence-electron chi connectivity index (χ1n) is 6.79. The number of aromatic nitrogens is 2. The van der Waals surface area contributed by atoms with Crippen molar-refractivity contribution >= 4 is 46.6 Å². The van der Waals surface area contributed by atoms with E-state index in [1.54, 1.807) is 0 Å². The molecule has 26 heavy (non-hydrogen) atoms. The van der Waals surface area contributed by atoms with Gasteiger partial charge < -0.3 is 0 Å². The molecule has 0 saturated heterocycles. The van der Waals surface area contributed by atoms with Crippen LogP contribution in [0.2, 0.25) is 5.02 Å². The maximum Gasteiger partial charge on any atom is 0.433 e. The van der Waals surface area contributed by atoms with Crippen LogP contribution in [-0.2, 0) is 13.2 Å². The molecular weight excluding hydrogens is 439 g/mol. The van der Waals surface area contributed by atoms with Crippen LogP contribution in [0.15, 0.2) is 38.5 Å². The normalized spacial score (nSPS) is 11.5. The van der Waals surface area contributed by atoms with Crippen molar-refractivity contribution in [1.29, 1.82) is 0 Å². The van der Waals surface area contributed by atoms with Crippen LogP contribution < -0.4 is 5.43 Å². The summed E-state index contributed by atoms with van der Waals surface area (Å²) < 4.78 is 53.3. The molecule has 11 heteroatoms. The minimum Gasteiger partial charge on any atom is -0.287 e. The number of benzene rings is 1. The second kappa shape index (κ2) is 8.21. The SMILES string of the molecule is Cn1nc(-c2cc(SCC=C(Cl)Cl)c(Cl)cc2F)c(=O)cc1C(F)(F)F. The maximum absolute atomic E-state index is 14.3. The van der Waals surface area contributed by atoms with E-state index in [-0.39, 0.29) is 15.1 Å². The smallest absolute Gasteiger partial charge is 0.287 e. The fourth-order valence-electron chi connectivity index (χ4n) is 2.01. The molecule has 1 aromatic heterocycles. The zero-order chi connectivity index (χ0) is 19.6. The van der Waals surface area contributed by atoms with Crippen molar-refractivity contribution in [2.75, 3.05) is 5.75 Å². The molecule has 0 bridgehead atoms. The zero-order valence-electron chi connectivity index (χ0n) is 12.9. The second-order valence-electron chi connectivity index (χ2n) is 4.93. The molecule has 0 N–H and O–H groups in total. The highest BCUT2D eigenvalue weighted by atomic mass is 35.5. The summed E-state index contributed by atoms with van der Waals surface area (Å²) >= 11 is 18.1. The van der Waals surface area contributed by atoms with Gasteiger partial charge in [0.25, 0.3) is 0 Å². The second-order valence-corrected chi connectivity index (χ2v) is 7.41. The fourth-order valence-corrected chi connectivity index (χ4v) is 3.49. The summed E-state index contributed by atoms with van der Waals surface area (Å²) in [5, 5.41) is 3.66. The average Bonchev–Trinajstić information content (AvgIpc) is 2.50. The molecule has 0 spiro atoms. The van der Waals surface area contributed by atoms with Gasteiger partial charge in [-0.05, 0) is 18.2 Å². The first kappa shape index (κ1) is 21.1. The van der Waals surface area contributed by atoms with Crippen molar-refractivity contribution in [3.8, 4) is 11.3 Å². The standard InChI is InChI=1S/C15H9Cl3F4N2OS/c1-24-12(15(20,21)22)6-10(25)14(23-24)7-4-11(8(16)5-9(7)19)26-3-2-13(17)18/h2,4-6H,3H2,1H3. The Morgan fingerprint density at radius 2 is 1.96 bits per heavy atom. The van der Waals surface area contributed by atoms with Crippen molar-refractivity contribution in [3.63, 3.8) is 0 Å². The van der Waals surface area contributed by atoms with Crippen molar-refractivity contribution in [2.24, 2.45) is 7.05 Å². The van der Waals surface area contributed by atoms with Gasteiger partial charge in [-0.3, -0.25) is 9.48 Å². The van der Waals surface area contributed by atoms with E-state index in [1.165, 1.54) is 12.1 Å². The van der Waals surface area contributed by atoms with Crippen LogP contribution in [0.1, 0.15) is 5.69 Å². The number of alkyl halides is 3. The lowest BCUT2D eigenvalue weighted by Crippen LogP contribution is -2.22. The topological polar surface area (TPSA) is 34.9 Å². The quantitative estimate of drug-likeness (QED) is 0.447. The molecule has 0 fully saturated rings. The van der Waals surface area contributed by atoms with Crippen molar-refractivity contribution in [3.05, 3.63) is 55.5 Å². The minimum absolute atomic E-state index is 0.0363. The van der Waals surface area contributed by atoms with E-state index in [4.69, 9.17) is 34.8 Å². The zero-order valence-corrected chi connectivity index (χ0v) is 16.0. The highest BCUT2D eigenvalue weighted by Gasteiger charge is 2.34. The van der Waals surface area contributed by atoms with Gasteiger partial charge in [0.2, 0.25) is 5.43 Å². The summed E-state index contributed by atoms with van der Waals surface area (Å²) in [6.45, 7) is 0. The molecule has 3 nitrogen and oxygen atoms in total. The van der Waals surface area contributed by atoms with Gasteiger partial charge in [0.15, 0.2) is 0 Å². The van der Waals surface area contributed by atoms with Gasteiger partial charge in [-0.15, -0.1) is 11.8 Å². The summed E-state index contributed by atoms with van der Waals surface area (Å²) in [5.41, 5.74) is -3.01. The van der Waals surface area contributed by atoms with Gasteiger partial charge in [0.05, 0.1) is 5.02 Å². The lowest BCUT2D eigenvalue weighted by atomic mass is 10.1. The minimum atomic E-state index is -4.76. The Kier molecular flexibility index (Phi) is 6.65. The van der Waals surface area contributed by atoms with E-state index >= 15 is 0 Å². The van der Waals surface area contributed by atoms with Gasteiger partial charge in [-0.25, -0.2) is 4.39 Å². The van der Waals surface area contributed by atoms with Crippen LogP contribution in [0, 0.1) is 5.82 Å². The Bertz CT molecular complexity index is 924. The van der Waals surface area contributed by atoms with Crippen molar-refractivity contribution in [1.82, 2.24) is 9.78 Å². The Hall–Kier alpha value is -1.22. The summed E-state index contributed by atoms with van der Waals surface area (Å²) in [4.78, 5) is 12.5. The number of nitrogens with zero attached hydrogens (tertiary/aromatic N) is 2. The predicted molar refractivity (Wildman–Crippen MR) is 95.4 cm³/mol. The summed E-state index contributed by atoms with van der Waals surface area (Å²) in [6.07, 6.45) is -3.28. The summed E-state index contributed by atoms with van der Waals surface area (Å²) in [6, 6.07) is 2.58. The molecule has 0 aliphatic heterocycles. The Labute approximate surface area is 164 Å². The number of thioether (sulfide) groups is 1. The number of hydrogen-bond donors (Lipinski definition) is 0. The molecule has 0 saturated carbocycles. The molecule has 0 unspecified atom stereocenters. The van der Waals surface area contributed by atoms with Crippen LogP contribution in [-0.4, -0.2) is 15.5 Å². The number of rotatable bonds is 4. The molecule has 2 rings (SSSR count). The predicted octanol–water partition coefficient (Wildman–Crippen LogP) is 5.67. The van der Waals surface area contributed by atoms with E-state index in [0.717, 1.165) is 24.9 Å². The van der Waals surface area contributed by atoms with Crippen LogP contribution in [0.25, 0.3) is 11.3 Å². The van der Waals surface area contributed by atoms with E-state index in [2.05, 4.69) is 5.10 Å². The van der Waals surface area contributed by atoms with Crippen LogP contribution in [0.5, 0.6) is 0 Å². The van der Waals surface area contributed by atoms with Crippen LogP contribution in [0.3, 0.4) is 0 Å². The number of hydrogen-bond acceptors (Lipinski definition) is 3. The van der Waals surface area contributed by atoms with E-state index < -0.39 is 28.8 Å². The third-order valence-corrected chi connectivity index (χ3v) is 4.86. The largest absolute Gasteiger partial charge is 0.433 e. The molecule has 0 atom stereocenters. The first-order chi connectivity index (χ1) is 12.0. The molecule has 1 aromatic carbocycles. The van der Waals surface area contributed by atoms with Crippen molar-refractivity contribution in [2.45, 2.75) is 11.1 Å². The molecule has 1 heterocycles. The van der Waals surface area contributed by atoms with Gasteiger partial charge in [0, 0.05) is 29.3 Å². The molecule has 2 aromatic rings. The Morgan fingerprint density at radius 3 is 2.54 bits per heavy atom. The number of aryl methyl sites for hydroxylation is 1. The third-order valence-electron chi connectivity index (χ3n) is 3.14. The van der Waals surface area contributed by atoms with E-state index in [9.17, 15) is 22.4 Å². The monoisotopic (exact) mass is 446 g/mol. The summed E-state index contributed by atoms with van der Waals surface area (Å²) in [7, 11) is 1.02. The van der Waals surface area contributed by atoms with Crippen LogP contribution in [0.4, 0.5) is 17.6 Å². The average molecular weight is 448 g/mol. The summed E-state index contributed by atoms with van der Waals surface area (Å²) in [5.74, 6) is -0.569. The van der Waals surface area contributed by atoms with E-state index in [0.29, 0.717) is 21.4 Å². The van der Waals surface area contributed by atoms with Gasteiger partial charge in [0.1, 0.15) is 21.7 Å².